The SMILES string of the molecule is CC(C)c1noc(CNC2(CO)COc3ccccc3C2)n1. The molecule has 2 aromatic rings. The highest BCUT2D eigenvalue weighted by Gasteiger charge is 2.35. The second-order valence-corrected chi connectivity index (χ2v) is 6.07. The van der Waals surface area contributed by atoms with E-state index in [0.717, 1.165) is 11.3 Å². The van der Waals surface area contributed by atoms with Gasteiger partial charge in [0.15, 0.2) is 5.82 Å². The second-order valence-electron chi connectivity index (χ2n) is 6.07. The van der Waals surface area contributed by atoms with Crippen molar-refractivity contribution in [1.82, 2.24) is 15.5 Å². The molecule has 1 aliphatic rings. The number of fused-ring (bicyclic) bond motifs is 1. The highest BCUT2D eigenvalue weighted by atomic mass is 16.5. The van der Waals surface area contributed by atoms with Crippen molar-refractivity contribution >= 4 is 0 Å². The van der Waals surface area contributed by atoms with Crippen molar-refractivity contribution in [3.8, 4) is 5.75 Å². The minimum atomic E-state index is -0.527. The van der Waals surface area contributed by atoms with Gasteiger partial charge in [0.05, 0.1) is 18.7 Å². The van der Waals surface area contributed by atoms with Crippen LogP contribution in [0, 0.1) is 0 Å². The van der Waals surface area contributed by atoms with Crippen LogP contribution in [0.5, 0.6) is 5.75 Å². The summed E-state index contributed by atoms with van der Waals surface area (Å²) >= 11 is 0. The molecule has 118 valence electrons. The van der Waals surface area contributed by atoms with Gasteiger partial charge in [0, 0.05) is 5.92 Å². The molecule has 0 saturated heterocycles. The number of hydrogen-bond donors (Lipinski definition) is 2. The predicted molar refractivity (Wildman–Crippen MR) is 80.7 cm³/mol. The topological polar surface area (TPSA) is 80.4 Å². The molecule has 1 atom stereocenters. The quantitative estimate of drug-likeness (QED) is 0.874. The molecular weight excluding hydrogens is 282 g/mol. The molecule has 1 aromatic carbocycles. The normalized spacial score (nSPS) is 20.7. The van der Waals surface area contributed by atoms with Crippen molar-refractivity contribution < 1.29 is 14.4 Å². The van der Waals surface area contributed by atoms with Crippen molar-refractivity contribution in [1.29, 1.82) is 0 Å². The fraction of sp³-hybridized carbons (Fsp3) is 0.500. The van der Waals surface area contributed by atoms with Gasteiger partial charge in [0.25, 0.3) is 0 Å². The lowest BCUT2D eigenvalue weighted by Crippen LogP contribution is -2.56. The summed E-state index contributed by atoms with van der Waals surface area (Å²) in [4.78, 5) is 4.34. The monoisotopic (exact) mass is 303 g/mol. The van der Waals surface area contributed by atoms with E-state index in [1.807, 2.05) is 38.1 Å². The molecule has 3 rings (SSSR count). The van der Waals surface area contributed by atoms with E-state index in [4.69, 9.17) is 9.26 Å². The lowest BCUT2D eigenvalue weighted by molar-refractivity contribution is 0.0835. The average molecular weight is 303 g/mol. The first-order valence-electron chi connectivity index (χ1n) is 7.51. The molecule has 6 heteroatoms. The van der Waals surface area contributed by atoms with E-state index in [1.165, 1.54) is 0 Å². The van der Waals surface area contributed by atoms with Crippen molar-refractivity contribution in [2.45, 2.75) is 38.3 Å². The van der Waals surface area contributed by atoms with Gasteiger partial charge in [-0.2, -0.15) is 4.98 Å². The minimum Gasteiger partial charge on any atom is -0.491 e. The van der Waals surface area contributed by atoms with Gasteiger partial charge < -0.3 is 14.4 Å². The van der Waals surface area contributed by atoms with E-state index in [2.05, 4.69) is 15.5 Å². The largest absolute Gasteiger partial charge is 0.491 e. The van der Waals surface area contributed by atoms with E-state index in [9.17, 15) is 5.11 Å². The van der Waals surface area contributed by atoms with Crippen LogP contribution in [0.25, 0.3) is 0 Å². The van der Waals surface area contributed by atoms with Gasteiger partial charge in [0.1, 0.15) is 12.4 Å². The third kappa shape index (κ3) is 2.98. The number of aromatic nitrogens is 2. The Labute approximate surface area is 129 Å². The molecule has 22 heavy (non-hydrogen) atoms. The van der Waals surface area contributed by atoms with Crippen LogP contribution in [0.4, 0.5) is 0 Å². The Balaban J connectivity index is 1.69. The van der Waals surface area contributed by atoms with Gasteiger partial charge >= 0.3 is 0 Å². The summed E-state index contributed by atoms with van der Waals surface area (Å²) in [5.41, 5.74) is 0.560. The maximum Gasteiger partial charge on any atom is 0.240 e. The molecule has 2 heterocycles. The fourth-order valence-corrected chi connectivity index (χ4v) is 2.53. The van der Waals surface area contributed by atoms with Crippen molar-refractivity contribution in [3.63, 3.8) is 0 Å². The summed E-state index contributed by atoms with van der Waals surface area (Å²) in [7, 11) is 0. The molecular formula is C16H21N3O3. The number of ether oxygens (including phenoxy) is 1. The Morgan fingerprint density at radius 1 is 1.36 bits per heavy atom. The van der Waals surface area contributed by atoms with E-state index in [1.54, 1.807) is 0 Å². The van der Waals surface area contributed by atoms with Gasteiger partial charge in [-0.05, 0) is 18.1 Å². The molecule has 0 radical (unpaired) electrons. The molecule has 2 N–H and O–H groups in total. The van der Waals surface area contributed by atoms with Crippen LogP contribution in [0.1, 0.15) is 37.0 Å². The Bertz CT molecular complexity index is 641. The Morgan fingerprint density at radius 2 is 2.18 bits per heavy atom. The van der Waals surface area contributed by atoms with Crippen LogP contribution in [-0.2, 0) is 13.0 Å². The number of benzene rings is 1. The molecule has 1 unspecified atom stereocenters. The molecule has 0 amide bonds. The summed E-state index contributed by atoms with van der Waals surface area (Å²) < 4.78 is 11.0. The van der Waals surface area contributed by atoms with Crippen LogP contribution in [0.15, 0.2) is 28.8 Å². The molecule has 0 saturated carbocycles. The number of aliphatic hydroxyl groups excluding tert-OH is 1. The zero-order chi connectivity index (χ0) is 15.6. The highest BCUT2D eigenvalue weighted by molar-refractivity contribution is 5.37. The molecule has 0 spiro atoms. The summed E-state index contributed by atoms with van der Waals surface area (Å²) in [6, 6.07) is 7.89. The number of para-hydroxylation sites is 1. The number of nitrogens with one attached hydrogen (secondary N) is 1. The minimum absolute atomic E-state index is 0.0213. The highest BCUT2D eigenvalue weighted by Crippen LogP contribution is 2.29. The van der Waals surface area contributed by atoms with E-state index in [0.29, 0.717) is 31.3 Å². The summed E-state index contributed by atoms with van der Waals surface area (Å²) in [6.07, 6.45) is 0.699. The predicted octanol–water partition coefficient (Wildman–Crippen LogP) is 1.65. The molecule has 1 aromatic heterocycles. The summed E-state index contributed by atoms with van der Waals surface area (Å²) in [6.45, 7) is 4.83. The first-order chi connectivity index (χ1) is 10.6. The van der Waals surface area contributed by atoms with E-state index in [-0.39, 0.29) is 12.5 Å². The molecule has 6 nitrogen and oxygen atoms in total. The van der Waals surface area contributed by atoms with Crippen LogP contribution in [-0.4, -0.2) is 34.0 Å². The van der Waals surface area contributed by atoms with Gasteiger partial charge in [-0.15, -0.1) is 0 Å². The third-order valence-corrected chi connectivity index (χ3v) is 3.92. The number of hydrogen-bond acceptors (Lipinski definition) is 6. The first-order valence-corrected chi connectivity index (χ1v) is 7.51. The maximum atomic E-state index is 9.83. The number of aliphatic hydroxyl groups is 1. The van der Waals surface area contributed by atoms with E-state index < -0.39 is 5.54 Å². The van der Waals surface area contributed by atoms with Gasteiger partial charge in [-0.25, -0.2) is 0 Å². The zero-order valence-electron chi connectivity index (χ0n) is 12.9. The Kier molecular flexibility index (Phi) is 4.13. The first kappa shape index (κ1) is 15.0. The van der Waals surface area contributed by atoms with Crippen LogP contribution in [0.3, 0.4) is 0 Å². The van der Waals surface area contributed by atoms with Gasteiger partial charge in [-0.3, -0.25) is 5.32 Å². The van der Waals surface area contributed by atoms with Crippen LogP contribution in [0.2, 0.25) is 0 Å². The molecule has 0 bridgehead atoms. The zero-order valence-corrected chi connectivity index (χ0v) is 12.9. The summed E-state index contributed by atoms with van der Waals surface area (Å²) in [5.74, 6) is 2.33. The van der Waals surface area contributed by atoms with Crippen molar-refractivity contribution in [2.24, 2.45) is 0 Å². The lowest BCUT2D eigenvalue weighted by atomic mass is 9.89. The molecule has 1 aliphatic heterocycles. The number of rotatable bonds is 5. The van der Waals surface area contributed by atoms with Gasteiger partial charge in [0.2, 0.25) is 5.89 Å². The lowest BCUT2D eigenvalue weighted by Gasteiger charge is -2.37. The summed E-state index contributed by atoms with van der Waals surface area (Å²) in [5, 5.41) is 17.1. The molecule has 0 fully saturated rings. The average Bonchev–Trinajstić information content (AvgIpc) is 3.02. The van der Waals surface area contributed by atoms with Crippen LogP contribution >= 0.6 is 0 Å². The molecule has 0 aliphatic carbocycles. The van der Waals surface area contributed by atoms with Crippen LogP contribution < -0.4 is 10.1 Å². The van der Waals surface area contributed by atoms with E-state index >= 15 is 0 Å². The number of nitrogens with zero attached hydrogens (tertiary/aromatic N) is 2. The fourth-order valence-electron chi connectivity index (χ4n) is 2.53. The van der Waals surface area contributed by atoms with Crippen molar-refractivity contribution in [3.05, 3.63) is 41.5 Å². The third-order valence-electron chi connectivity index (χ3n) is 3.92. The maximum absolute atomic E-state index is 9.83. The standard InChI is InChI=1S/C16H21N3O3/c1-11(2)15-18-14(22-19-15)8-17-16(9-20)7-12-5-3-4-6-13(12)21-10-16/h3-6,11,17,20H,7-10H2,1-2H3. The van der Waals surface area contributed by atoms with Crippen molar-refractivity contribution in [2.75, 3.05) is 13.2 Å². The Morgan fingerprint density at radius 3 is 2.91 bits per heavy atom. The van der Waals surface area contributed by atoms with Gasteiger partial charge in [-0.1, -0.05) is 37.2 Å². The smallest absolute Gasteiger partial charge is 0.240 e. The Hall–Kier alpha value is -1.92. The second kappa shape index (κ2) is 6.06.